The minimum atomic E-state index is -0.0478. The number of nitrogens with zero attached hydrogens (tertiary/aromatic N) is 3. The lowest BCUT2D eigenvalue weighted by Crippen LogP contribution is -2.13. The lowest BCUT2D eigenvalue weighted by molar-refractivity contribution is 0.472. The van der Waals surface area contributed by atoms with Crippen molar-refractivity contribution in [3.05, 3.63) is 58.9 Å². The van der Waals surface area contributed by atoms with Crippen LogP contribution < -0.4 is 5.56 Å². The second kappa shape index (κ2) is 4.71. The Morgan fingerprint density at radius 1 is 1.14 bits per heavy atom. The zero-order valence-corrected chi connectivity index (χ0v) is 11.5. The Morgan fingerprint density at radius 2 is 2.05 bits per heavy atom. The molecule has 104 valence electrons. The van der Waals surface area contributed by atoms with E-state index in [4.69, 9.17) is 8.83 Å². The summed E-state index contributed by atoms with van der Waals surface area (Å²) in [4.78, 5) is 12.2. The van der Waals surface area contributed by atoms with Crippen LogP contribution in [0.15, 0.2) is 56.3 Å². The first-order valence-corrected chi connectivity index (χ1v) is 7.04. The molecule has 0 aliphatic carbocycles. The number of hydrogen-bond acceptors (Lipinski definition) is 6. The number of benzene rings is 1. The molecule has 1 aromatic carbocycles. The molecule has 0 saturated heterocycles. The predicted molar refractivity (Wildman–Crippen MR) is 77.2 cm³/mol. The average Bonchev–Trinajstić information content (AvgIpc) is 3.21. The van der Waals surface area contributed by atoms with E-state index in [-0.39, 0.29) is 12.1 Å². The molecule has 0 atom stereocenters. The Morgan fingerprint density at radius 3 is 2.86 bits per heavy atom. The molecular weight excluding hydrogens is 290 g/mol. The summed E-state index contributed by atoms with van der Waals surface area (Å²) in [6.07, 6.45) is 1.54. The Bertz CT molecular complexity index is 949. The summed E-state index contributed by atoms with van der Waals surface area (Å²) in [6.45, 7) is 0.256. The van der Waals surface area contributed by atoms with Crippen molar-refractivity contribution in [3.63, 3.8) is 0 Å². The molecule has 0 saturated carbocycles. The summed E-state index contributed by atoms with van der Waals surface area (Å²) in [6, 6.07) is 11.0. The lowest BCUT2D eigenvalue weighted by Gasteiger charge is -1.93. The predicted octanol–water partition coefficient (Wildman–Crippen LogP) is 2.75. The van der Waals surface area contributed by atoms with Crippen LogP contribution in [-0.2, 0) is 6.54 Å². The Kier molecular flexibility index (Phi) is 2.71. The molecule has 0 N–H and O–H groups in total. The van der Waals surface area contributed by atoms with Gasteiger partial charge in [0.05, 0.1) is 16.3 Å². The topological polar surface area (TPSA) is 74.1 Å². The molecule has 0 spiro atoms. The highest BCUT2D eigenvalue weighted by molar-refractivity contribution is 7.13. The second-order valence-electron chi connectivity index (χ2n) is 4.41. The zero-order chi connectivity index (χ0) is 14.2. The molecule has 4 rings (SSSR count). The van der Waals surface area contributed by atoms with Crippen LogP contribution in [0.1, 0.15) is 5.89 Å². The van der Waals surface area contributed by atoms with Crippen molar-refractivity contribution in [1.29, 1.82) is 0 Å². The van der Waals surface area contributed by atoms with E-state index in [1.165, 1.54) is 17.8 Å². The van der Waals surface area contributed by atoms with Gasteiger partial charge in [-0.2, -0.15) is 0 Å². The van der Waals surface area contributed by atoms with Gasteiger partial charge in [0.2, 0.25) is 5.89 Å². The fourth-order valence-corrected chi connectivity index (χ4v) is 3.05. The van der Waals surface area contributed by atoms with Crippen molar-refractivity contribution < 1.29 is 8.83 Å². The van der Waals surface area contributed by atoms with E-state index in [9.17, 15) is 4.79 Å². The first kappa shape index (κ1) is 12.1. The summed E-state index contributed by atoms with van der Waals surface area (Å²) in [5, 5.41) is 8.57. The third-order valence-corrected chi connectivity index (χ3v) is 4.10. The van der Waals surface area contributed by atoms with Gasteiger partial charge in [-0.1, -0.05) is 23.7 Å². The molecule has 0 fully saturated rings. The molecule has 3 aromatic heterocycles. The van der Waals surface area contributed by atoms with E-state index in [0.29, 0.717) is 22.9 Å². The van der Waals surface area contributed by atoms with E-state index in [2.05, 4.69) is 10.2 Å². The maximum Gasteiger partial charge on any atom is 0.283 e. The summed E-state index contributed by atoms with van der Waals surface area (Å²) in [5.41, 5.74) is -0.0478. The Hall–Kier alpha value is -2.67. The van der Waals surface area contributed by atoms with Gasteiger partial charge in [0.15, 0.2) is 5.76 Å². The largest absolute Gasteiger partial charge is 0.459 e. The summed E-state index contributed by atoms with van der Waals surface area (Å²) >= 11 is 1.38. The van der Waals surface area contributed by atoms with Gasteiger partial charge in [-0.3, -0.25) is 8.75 Å². The fraction of sp³-hybridized carbons (Fsp3) is 0.0714. The monoisotopic (exact) mass is 299 g/mol. The molecule has 6 nitrogen and oxygen atoms in total. The van der Waals surface area contributed by atoms with Gasteiger partial charge in [-0.15, -0.1) is 10.2 Å². The van der Waals surface area contributed by atoms with Crippen LogP contribution in [0.5, 0.6) is 0 Å². The van der Waals surface area contributed by atoms with Gasteiger partial charge in [0.1, 0.15) is 6.54 Å². The van der Waals surface area contributed by atoms with Crippen LogP contribution in [-0.4, -0.2) is 14.2 Å². The van der Waals surface area contributed by atoms with Gasteiger partial charge in [0.25, 0.3) is 11.4 Å². The van der Waals surface area contributed by atoms with Crippen LogP contribution in [0, 0.1) is 0 Å². The van der Waals surface area contributed by atoms with Gasteiger partial charge < -0.3 is 8.83 Å². The number of furan rings is 1. The van der Waals surface area contributed by atoms with E-state index in [0.717, 1.165) is 4.70 Å². The van der Waals surface area contributed by atoms with Crippen LogP contribution >= 0.6 is 11.5 Å². The second-order valence-corrected chi connectivity index (χ2v) is 5.47. The first-order chi connectivity index (χ1) is 10.3. The Balaban J connectivity index is 1.69. The highest BCUT2D eigenvalue weighted by Gasteiger charge is 2.13. The molecule has 4 aromatic rings. The SMILES string of the molecule is O=c1c2ccccc2sn1Cc1nnc(-c2ccco2)o1. The standard InChI is InChI=1S/C14H9N3O3S/c18-14-9-4-1-2-6-11(9)21-17(14)8-12-15-16-13(20-12)10-5-3-7-19-10/h1-7H,8H2. The minimum absolute atomic E-state index is 0.0478. The number of fused-ring (bicyclic) bond motifs is 1. The number of aromatic nitrogens is 3. The summed E-state index contributed by atoms with van der Waals surface area (Å²) < 4.78 is 13.2. The van der Waals surface area contributed by atoms with Crippen molar-refractivity contribution in [1.82, 2.24) is 14.2 Å². The molecule has 21 heavy (non-hydrogen) atoms. The van der Waals surface area contributed by atoms with Gasteiger partial charge in [-0.25, -0.2) is 0 Å². The lowest BCUT2D eigenvalue weighted by atomic mass is 10.3. The maximum absolute atomic E-state index is 12.2. The van der Waals surface area contributed by atoms with E-state index in [1.54, 1.807) is 16.1 Å². The van der Waals surface area contributed by atoms with Gasteiger partial charge in [0, 0.05) is 0 Å². The van der Waals surface area contributed by atoms with Crippen molar-refractivity contribution in [2.75, 3.05) is 0 Å². The van der Waals surface area contributed by atoms with E-state index in [1.807, 2.05) is 24.3 Å². The summed E-state index contributed by atoms with van der Waals surface area (Å²) in [5.74, 6) is 1.19. The molecule has 0 aliphatic rings. The van der Waals surface area contributed by atoms with Crippen LogP contribution in [0.2, 0.25) is 0 Å². The maximum atomic E-state index is 12.2. The first-order valence-electron chi connectivity index (χ1n) is 6.26. The average molecular weight is 299 g/mol. The molecule has 0 radical (unpaired) electrons. The normalized spacial score (nSPS) is 11.2. The van der Waals surface area contributed by atoms with E-state index < -0.39 is 0 Å². The number of hydrogen-bond donors (Lipinski definition) is 0. The quantitative estimate of drug-likeness (QED) is 0.581. The van der Waals surface area contributed by atoms with Crippen molar-refractivity contribution in [2.45, 2.75) is 6.54 Å². The molecule has 7 heteroatoms. The van der Waals surface area contributed by atoms with Crippen molar-refractivity contribution in [2.24, 2.45) is 0 Å². The third-order valence-electron chi connectivity index (χ3n) is 3.03. The van der Waals surface area contributed by atoms with Crippen LogP contribution in [0.3, 0.4) is 0 Å². The van der Waals surface area contributed by atoms with E-state index >= 15 is 0 Å². The van der Waals surface area contributed by atoms with Gasteiger partial charge in [-0.05, 0) is 24.3 Å². The molecular formula is C14H9N3O3S. The molecule has 3 heterocycles. The van der Waals surface area contributed by atoms with Crippen LogP contribution in [0.4, 0.5) is 0 Å². The van der Waals surface area contributed by atoms with Gasteiger partial charge >= 0.3 is 0 Å². The highest BCUT2D eigenvalue weighted by Crippen LogP contribution is 2.20. The fourth-order valence-electron chi connectivity index (χ4n) is 2.06. The smallest absolute Gasteiger partial charge is 0.283 e. The zero-order valence-electron chi connectivity index (χ0n) is 10.7. The molecule has 0 bridgehead atoms. The van der Waals surface area contributed by atoms with Crippen molar-refractivity contribution >= 4 is 21.6 Å². The summed E-state index contributed by atoms with van der Waals surface area (Å²) in [7, 11) is 0. The van der Waals surface area contributed by atoms with Crippen LogP contribution in [0.25, 0.3) is 21.7 Å². The molecule has 0 unspecified atom stereocenters. The molecule has 0 aliphatic heterocycles. The minimum Gasteiger partial charge on any atom is -0.459 e. The third kappa shape index (κ3) is 2.07. The Labute approximate surface area is 122 Å². The highest BCUT2D eigenvalue weighted by atomic mass is 32.1. The van der Waals surface area contributed by atoms with Crippen molar-refractivity contribution in [3.8, 4) is 11.7 Å². The molecule has 0 amide bonds. The number of rotatable bonds is 3.